The molecule has 1 saturated carbocycles. The average molecular weight is 338 g/mol. The summed E-state index contributed by atoms with van der Waals surface area (Å²) in [4.78, 5) is 12.4. The molecule has 4 rings (SSSR count). The van der Waals surface area contributed by atoms with Gasteiger partial charge in [0.2, 0.25) is 5.91 Å². The second-order valence-electron chi connectivity index (χ2n) is 7.36. The molecule has 5 heteroatoms. The maximum Gasteiger partial charge on any atom is 0.220 e. The first kappa shape index (κ1) is 16.3. The van der Waals surface area contributed by atoms with Gasteiger partial charge in [0.05, 0.1) is 6.54 Å². The van der Waals surface area contributed by atoms with Crippen LogP contribution in [0.5, 0.6) is 0 Å². The van der Waals surface area contributed by atoms with Crippen molar-refractivity contribution in [1.82, 2.24) is 20.1 Å². The molecule has 2 aromatic rings. The van der Waals surface area contributed by atoms with Gasteiger partial charge in [0.25, 0.3) is 0 Å². The normalized spacial score (nSPS) is 20.4. The molecule has 1 N–H and O–H groups in total. The minimum Gasteiger partial charge on any atom is -0.349 e. The highest BCUT2D eigenvalue weighted by Crippen LogP contribution is 2.35. The van der Waals surface area contributed by atoms with Crippen molar-refractivity contribution < 1.29 is 4.79 Å². The van der Waals surface area contributed by atoms with E-state index in [0.717, 1.165) is 18.7 Å². The Hall–Kier alpha value is -2.17. The fourth-order valence-corrected chi connectivity index (χ4v) is 4.39. The lowest BCUT2D eigenvalue weighted by Crippen LogP contribution is -2.27. The lowest BCUT2D eigenvalue weighted by atomic mass is 9.95. The molecule has 2 aliphatic carbocycles. The summed E-state index contributed by atoms with van der Waals surface area (Å²) in [7, 11) is 0. The zero-order valence-electron chi connectivity index (χ0n) is 14.7. The summed E-state index contributed by atoms with van der Waals surface area (Å²) in [6.07, 6.45) is 10.8. The molecule has 1 aromatic heterocycles. The van der Waals surface area contributed by atoms with Crippen LogP contribution in [0.2, 0.25) is 0 Å². The first-order valence-corrected chi connectivity index (χ1v) is 9.54. The number of carbonyl (C=O) groups is 1. The third-order valence-electron chi connectivity index (χ3n) is 5.75. The van der Waals surface area contributed by atoms with Gasteiger partial charge in [0, 0.05) is 12.5 Å². The molecule has 2 aliphatic rings. The van der Waals surface area contributed by atoms with E-state index in [2.05, 4.69) is 44.3 Å². The zero-order valence-corrected chi connectivity index (χ0v) is 14.7. The Labute approximate surface area is 148 Å². The van der Waals surface area contributed by atoms with Gasteiger partial charge in [-0.1, -0.05) is 43.5 Å². The Balaban J connectivity index is 1.33. The first-order valence-electron chi connectivity index (χ1n) is 9.54. The van der Waals surface area contributed by atoms with Crippen LogP contribution in [0.1, 0.15) is 73.9 Å². The summed E-state index contributed by atoms with van der Waals surface area (Å²) in [5, 5.41) is 11.4. The molecular weight excluding hydrogens is 312 g/mol. The quantitative estimate of drug-likeness (QED) is 0.907. The summed E-state index contributed by atoms with van der Waals surface area (Å²) >= 11 is 0. The summed E-state index contributed by atoms with van der Waals surface area (Å²) in [5.74, 6) is 1.35. The summed E-state index contributed by atoms with van der Waals surface area (Å²) in [6, 6.07) is 9.00. The third kappa shape index (κ3) is 3.60. The van der Waals surface area contributed by atoms with Crippen LogP contribution in [0.25, 0.3) is 0 Å². The number of fused-ring (bicyclic) bond motifs is 1. The largest absolute Gasteiger partial charge is 0.349 e. The van der Waals surface area contributed by atoms with E-state index in [1.807, 2.05) is 6.33 Å². The predicted molar refractivity (Wildman–Crippen MR) is 96.1 cm³/mol. The number of hydrogen-bond donors (Lipinski definition) is 1. The van der Waals surface area contributed by atoms with Gasteiger partial charge in [0.15, 0.2) is 5.82 Å². The average Bonchev–Trinajstić information content (AvgIpc) is 3.28. The number of rotatable bonds is 5. The Morgan fingerprint density at radius 2 is 2.00 bits per heavy atom. The molecule has 0 aliphatic heterocycles. The van der Waals surface area contributed by atoms with Crippen molar-refractivity contribution in [2.24, 2.45) is 0 Å². The van der Waals surface area contributed by atoms with Crippen molar-refractivity contribution in [3.8, 4) is 0 Å². The highest BCUT2D eigenvalue weighted by molar-refractivity contribution is 5.77. The fraction of sp³-hybridized carbons (Fsp3) is 0.550. The van der Waals surface area contributed by atoms with E-state index in [0.29, 0.717) is 24.9 Å². The van der Waals surface area contributed by atoms with Crippen molar-refractivity contribution in [2.45, 2.75) is 69.9 Å². The van der Waals surface area contributed by atoms with E-state index < -0.39 is 0 Å². The highest BCUT2D eigenvalue weighted by Gasteiger charge is 2.24. The zero-order chi connectivity index (χ0) is 17.1. The Kier molecular flexibility index (Phi) is 4.81. The minimum absolute atomic E-state index is 0.111. The smallest absolute Gasteiger partial charge is 0.220 e. The molecule has 1 fully saturated rings. The summed E-state index contributed by atoms with van der Waals surface area (Å²) in [6.45, 7) is 0.476. The Morgan fingerprint density at radius 3 is 2.88 bits per heavy atom. The van der Waals surface area contributed by atoms with E-state index in [4.69, 9.17) is 0 Å². The number of aromatic nitrogens is 3. The van der Waals surface area contributed by atoms with Crippen LogP contribution in [0.15, 0.2) is 30.6 Å². The second kappa shape index (κ2) is 7.38. The third-order valence-corrected chi connectivity index (χ3v) is 5.75. The highest BCUT2D eigenvalue weighted by atomic mass is 16.1. The molecule has 1 amide bonds. The molecule has 1 atom stereocenters. The molecular formula is C20H26N4O. The number of hydrogen-bond acceptors (Lipinski definition) is 3. The molecule has 0 bridgehead atoms. The van der Waals surface area contributed by atoms with E-state index >= 15 is 0 Å². The molecule has 5 nitrogen and oxygen atoms in total. The maximum atomic E-state index is 12.4. The van der Waals surface area contributed by atoms with E-state index in [-0.39, 0.29) is 5.91 Å². The lowest BCUT2D eigenvalue weighted by molar-refractivity contribution is -0.121. The van der Waals surface area contributed by atoms with Gasteiger partial charge in [-0.2, -0.15) is 0 Å². The van der Waals surface area contributed by atoms with Crippen molar-refractivity contribution >= 4 is 5.91 Å². The number of benzene rings is 1. The Morgan fingerprint density at radius 1 is 1.16 bits per heavy atom. The van der Waals surface area contributed by atoms with Crippen LogP contribution in [-0.4, -0.2) is 20.7 Å². The van der Waals surface area contributed by atoms with Gasteiger partial charge in [-0.15, -0.1) is 10.2 Å². The van der Waals surface area contributed by atoms with E-state index in [9.17, 15) is 4.79 Å². The molecule has 0 saturated heterocycles. The van der Waals surface area contributed by atoms with Crippen LogP contribution in [0.3, 0.4) is 0 Å². The summed E-state index contributed by atoms with van der Waals surface area (Å²) in [5.41, 5.74) is 2.75. The number of amides is 1. The number of carbonyl (C=O) groups excluding carboxylic acids is 1. The fourth-order valence-electron chi connectivity index (χ4n) is 4.39. The van der Waals surface area contributed by atoms with Crippen LogP contribution in [0.4, 0.5) is 0 Å². The monoisotopic (exact) mass is 338 g/mol. The number of aryl methyl sites for hydroxylation is 1. The van der Waals surface area contributed by atoms with Gasteiger partial charge < -0.3 is 9.88 Å². The number of nitrogens with zero attached hydrogens (tertiary/aromatic N) is 3. The molecule has 1 heterocycles. The molecule has 25 heavy (non-hydrogen) atoms. The first-order chi connectivity index (χ1) is 12.3. The molecule has 0 spiro atoms. The van der Waals surface area contributed by atoms with Crippen molar-refractivity contribution in [3.63, 3.8) is 0 Å². The molecule has 1 aromatic carbocycles. The molecule has 0 radical (unpaired) electrons. The molecule has 132 valence electrons. The van der Waals surface area contributed by atoms with E-state index in [1.165, 1.54) is 43.2 Å². The van der Waals surface area contributed by atoms with Gasteiger partial charge in [-0.05, 0) is 42.7 Å². The SMILES string of the molecule is O=C(C[C@H]1CCc2ccccc21)NCc1nncn1C1CCCCC1. The standard InChI is InChI=1S/C20H26N4O/c25-20(12-16-11-10-15-6-4-5-9-18(15)16)21-13-19-23-22-14-24(19)17-7-2-1-3-8-17/h4-6,9,14,16-17H,1-3,7-8,10-13H2,(H,21,25)/t16-/m1/s1. The molecule has 0 unspecified atom stereocenters. The van der Waals surface area contributed by atoms with Gasteiger partial charge >= 0.3 is 0 Å². The van der Waals surface area contributed by atoms with Crippen LogP contribution in [0, 0.1) is 0 Å². The van der Waals surface area contributed by atoms with Crippen molar-refractivity contribution in [1.29, 1.82) is 0 Å². The van der Waals surface area contributed by atoms with Crippen LogP contribution >= 0.6 is 0 Å². The second-order valence-corrected chi connectivity index (χ2v) is 7.36. The van der Waals surface area contributed by atoms with E-state index in [1.54, 1.807) is 0 Å². The Bertz CT molecular complexity index is 733. The lowest BCUT2D eigenvalue weighted by Gasteiger charge is -2.24. The number of nitrogens with one attached hydrogen (secondary N) is 1. The van der Waals surface area contributed by atoms with Crippen molar-refractivity contribution in [2.75, 3.05) is 0 Å². The van der Waals surface area contributed by atoms with Crippen LogP contribution < -0.4 is 5.32 Å². The van der Waals surface area contributed by atoms with Crippen LogP contribution in [-0.2, 0) is 17.8 Å². The summed E-state index contributed by atoms with van der Waals surface area (Å²) < 4.78 is 2.17. The topological polar surface area (TPSA) is 59.8 Å². The maximum absolute atomic E-state index is 12.4. The van der Waals surface area contributed by atoms with Crippen molar-refractivity contribution in [3.05, 3.63) is 47.5 Å². The van der Waals surface area contributed by atoms with Gasteiger partial charge in [0.1, 0.15) is 6.33 Å². The van der Waals surface area contributed by atoms with Gasteiger partial charge in [-0.25, -0.2) is 0 Å². The predicted octanol–water partition coefficient (Wildman–Crippen LogP) is 3.52. The minimum atomic E-state index is 0.111. The van der Waals surface area contributed by atoms with Gasteiger partial charge in [-0.3, -0.25) is 4.79 Å².